The summed E-state index contributed by atoms with van der Waals surface area (Å²) >= 11 is 0. The normalized spacial score (nSPS) is 25.3. The number of rotatable bonds is 0. The fourth-order valence-corrected chi connectivity index (χ4v) is 0.755. The lowest BCUT2D eigenvalue weighted by Gasteiger charge is -2.47. The SMILES string of the molecule is CC(C)(C)C1(N)COC1. The van der Waals surface area contributed by atoms with E-state index in [1.165, 1.54) is 0 Å². The molecule has 1 rings (SSSR count). The molecular formula is C7H15NO. The molecule has 1 aliphatic heterocycles. The van der Waals surface area contributed by atoms with Gasteiger partial charge in [-0.1, -0.05) is 20.8 Å². The fraction of sp³-hybridized carbons (Fsp3) is 1.00. The molecule has 0 aromatic carbocycles. The summed E-state index contributed by atoms with van der Waals surface area (Å²) in [4.78, 5) is 0. The minimum absolute atomic E-state index is 0.0625. The molecule has 0 amide bonds. The van der Waals surface area contributed by atoms with Crippen LogP contribution in [0.1, 0.15) is 20.8 Å². The largest absolute Gasteiger partial charge is 0.377 e. The molecule has 1 heterocycles. The summed E-state index contributed by atoms with van der Waals surface area (Å²) in [7, 11) is 0. The summed E-state index contributed by atoms with van der Waals surface area (Å²) in [6.07, 6.45) is 0. The molecule has 1 fully saturated rings. The van der Waals surface area contributed by atoms with Gasteiger partial charge in [0.1, 0.15) is 0 Å². The van der Waals surface area contributed by atoms with Crippen LogP contribution in [0.15, 0.2) is 0 Å². The van der Waals surface area contributed by atoms with Crippen LogP contribution in [0, 0.1) is 5.41 Å². The molecule has 0 aromatic rings. The average molecular weight is 129 g/mol. The molecule has 0 atom stereocenters. The lowest BCUT2D eigenvalue weighted by Crippen LogP contribution is -2.65. The first-order chi connectivity index (χ1) is 3.96. The first kappa shape index (κ1) is 7.03. The van der Waals surface area contributed by atoms with E-state index in [2.05, 4.69) is 20.8 Å². The smallest absolute Gasteiger partial charge is 0.0677 e. The highest BCUT2D eigenvalue weighted by atomic mass is 16.5. The maximum absolute atomic E-state index is 5.95. The van der Waals surface area contributed by atoms with E-state index in [-0.39, 0.29) is 11.0 Å². The minimum atomic E-state index is -0.0625. The summed E-state index contributed by atoms with van der Waals surface area (Å²) in [6.45, 7) is 7.88. The van der Waals surface area contributed by atoms with Crippen LogP contribution in [0.2, 0.25) is 0 Å². The molecule has 0 aliphatic carbocycles. The van der Waals surface area contributed by atoms with Crippen molar-refractivity contribution >= 4 is 0 Å². The van der Waals surface area contributed by atoms with Gasteiger partial charge in [-0.05, 0) is 5.41 Å². The number of ether oxygens (including phenoxy) is 1. The monoisotopic (exact) mass is 129 g/mol. The third-order valence-corrected chi connectivity index (χ3v) is 2.21. The van der Waals surface area contributed by atoms with Gasteiger partial charge in [-0.3, -0.25) is 0 Å². The zero-order valence-electron chi connectivity index (χ0n) is 6.40. The van der Waals surface area contributed by atoms with E-state index in [0.29, 0.717) is 0 Å². The van der Waals surface area contributed by atoms with Gasteiger partial charge >= 0.3 is 0 Å². The van der Waals surface area contributed by atoms with Crippen LogP contribution >= 0.6 is 0 Å². The Labute approximate surface area is 56.4 Å². The van der Waals surface area contributed by atoms with Gasteiger partial charge in [-0.2, -0.15) is 0 Å². The molecule has 1 saturated heterocycles. The summed E-state index contributed by atoms with van der Waals surface area (Å²) in [6, 6.07) is 0. The van der Waals surface area contributed by atoms with Crippen molar-refractivity contribution in [3.05, 3.63) is 0 Å². The van der Waals surface area contributed by atoms with Gasteiger partial charge in [0.15, 0.2) is 0 Å². The number of hydrogen-bond acceptors (Lipinski definition) is 2. The Bertz CT molecular complexity index is 111. The third kappa shape index (κ3) is 0.970. The van der Waals surface area contributed by atoms with Crippen LogP contribution in [-0.2, 0) is 4.74 Å². The van der Waals surface area contributed by atoms with Crippen molar-refractivity contribution in [3.8, 4) is 0 Å². The standard InChI is InChI=1S/C7H15NO/c1-6(2,3)7(8)4-9-5-7/h4-5,8H2,1-3H3. The van der Waals surface area contributed by atoms with E-state index in [1.807, 2.05) is 0 Å². The predicted octanol–water partition coefficient (Wildman–Crippen LogP) is 0.760. The second kappa shape index (κ2) is 1.70. The lowest BCUT2D eigenvalue weighted by atomic mass is 9.73. The van der Waals surface area contributed by atoms with Crippen LogP contribution in [0.3, 0.4) is 0 Å². The highest BCUT2D eigenvalue weighted by Gasteiger charge is 2.44. The van der Waals surface area contributed by atoms with Crippen LogP contribution in [0.25, 0.3) is 0 Å². The fourth-order valence-electron chi connectivity index (χ4n) is 0.755. The van der Waals surface area contributed by atoms with E-state index in [0.717, 1.165) is 13.2 Å². The molecule has 0 spiro atoms. The van der Waals surface area contributed by atoms with Crippen LogP contribution < -0.4 is 5.73 Å². The molecule has 9 heavy (non-hydrogen) atoms. The molecule has 0 bridgehead atoms. The second-order valence-corrected chi connectivity index (χ2v) is 3.90. The first-order valence-corrected chi connectivity index (χ1v) is 3.32. The summed E-state index contributed by atoms with van der Waals surface area (Å²) in [5.74, 6) is 0. The Hall–Kier alpha value is -0.0800. The van der Waals surface area contributed by atoms with Gasteiger partial charge in [-0.25, -0.2) is 0 Å². The molecule has 54 valence electrons. The van der Waals surface area contributed by atoms with Crippen molar-refractivity contribution in [3.63, 3.8) is 0 Å². The maximum atomic E-state index is 5.95. The van der Waals surface area contributed by atoms with Crippen molar-refractivity contribution in [2.45, 2.75) is 26.3 Å². The third-order valence-electron chi connectivity index (χ3n) is 2.21. The molecular weight excluding hydrogens is 114 g/mol. The van der Waals surface area contributed by atoms with E-state index >= 15 is 0 Å². The van der Waals surface area contributed by atoms with Gasteiger partial charge in [0.25, 0.3) is 0 Å². The zero-order valence-corrected chi connectivity index (χ0v) is 6.40. The van der Waals surface area contributed by atoms with Crippen molar-refractivity contribution < 1.29 is 4.74 Å². The van der Waals surface area contributed by atoms with E-state index in [9.17, 15) is 0 Å². The van der Waals surface area contributed by atoms with Gasteiger partial charge in [0.05, 0.1) is 18.8 Å². The van der Waals surface area contributed by atoms with Gasteiger partial charge in [0, 0.05) is 0 Å². The Morgan fingerprint density at radius 2 is 1.78 bits per heavy atom. The zero-order chi connectivity index (χ0) is 7.12. The quantitative estimate of drug-likeness (QED) is 0.524. The molecule has 2 heteroatoms. The molecule has 2 N–H and O–H groups in total. The van der Waals surface area contributed by atoms with E-state index in [1.54, 1.807) is 0 Å². The number of nitrogens with two attached hydrogens (primary N) is 1. The highest BCUT2D eigenvalue weighted by Crippen LogP contribution is 2.33. The summed E-state index contributed by atoms with van der Waals surface area (Å²) in [5.41, 5.74) is 6.08. The Kier molecular flexibility index (Phi) is 1.33. The van der Waals surface area contributed by atoms with E-state index < -0.39 is 0 Å². The Morgan fingerprint density at radius 3 is 1.78 bits per heavy atom. The highest BCUT2D eigenvalue weighted by molar-refractivity contribution is 5.00. The van der Waals surface area contributed by atoms with Gasteiger partial charge in [-0.15, -0.1) is 0 Å². The van der Waals surface area contributed by atoms with Crippen molar-refractivity contribution in [1.29, 1.82) is 0 Å². The second-order valence-electron chi connectivity index (χ2n) is 3.90. The van der Waals surface area contributed by atoms with Crippen molar-refractivity contribution in [1.82, 2.24) is 0 Å². The van der Waals surface area contributed by atoms with Crippen LogP contribution in [0.5, 0.6) is 0 Å². The summed E-state index contributed by atoms with van der Waals surface area (Å²) < 4.78 is 5.04. The Morgan fingerprint density at radius 1 is 1.33 bits per heavy atom. The molecule has 0 saturated carbocycles. The van der Waals surface area contributed by atoms with Crippen molar-refractivity contribution in [2.24, 2.45) is 11.1 Å². The molecule has 0 aromatic heterocycles. The molecule has 0 radical (unpaired) electrons. The predicted molar refractivity (Wildman–Crippen MR) is 37.2 cm³/mol. The maximum Gasteiger partial charge on any atom is 0.0677 e. The topological polar surface area (TPSA) is 35.2 Å². The minimum Gasteiger partial charge on any atom is -0.377 e. The van der Waals surface area contributed by atoms with Crippen LogP contribution in [0.4, 0.5) is 0 Å². The first-order valence-electron chi connectivity index (χ1n) is 3.32. The van der Waals surface area contributed by atoms with Crippen molar-refractivity contribution in [2.75, 3.05) is 13.2 Å². The molecule has 1 aliphatic rings. The summed E-state index contributed by atoms with van der Waals surface area (Å²) in [5, 5.41) is 0. The van der Waals surface area contributed by atoms with E-state index in [4.69, 9.17) is 10.5 Å². The average Bonchev–Trinajstić information content (AvgIpc) is 1.57. The van der Waals surface area contributed by atoms with Gasteiger partial charge < -0.3 is 10.5 Å². The van der Waals surface area contributed by atoms with Gasteiger partial charge in [0.2, 0.25) is 0 Å². The lowest BCUT2D eigenvalue weighted by molar-refractivity contribution is -0.105. The molecule has 0 unspecified atom stereocenters. The Balaban J connectivity index is 2.59. The van der Waals surface area contributed by atoms with Crippen LogP contribution in [-0.4, -0.2) is 18.8 Å². The molecule has 2 nitrogen and oxygen atoms in total. The number of hydrogen-bond donors (Lipinski definition) is 1.